The molecule has 17 heavy (non-hydrogen) atoms. The van der Waals surface area contributed by atoms with E-state index in [2.05, 4.69) is 0 Å². The minimum absolute atomic E-state index is 0.00306. The molecule has 7 heteroatoms. The van der Waals surface area contributed by atoms with E-state index in [9.17, 15) is 9.90 Å². The van der Waals surface area contributed by atoms with Crippen molar-refractivity contribution in [3.05, 3.63) is 33.1 Å². The maximum absolute atomic E-state index is 11.8. The molecule has 90 valence electrons. The van der Waals surface area contributed by atoms with Crippen molar-refractivity contribution >= 4 is 28.3 Å². The molecule has 1 heterocycles. The molecule has 2 aromatic rings. The first-order valence-corrected chi connectivity index (χ1v) is 4.91. The van der Waals surface area contributed by atoms with Gasteiger partial charge in [0.1, 0.15) is 5.58 Å². The zero-order valence-electron chi connectivity index (χ0n) is 8.60. The number of nitrogens with zero attached hydrogens (tertiary/aromatic N) is 1. The van der Waals surface area contributed by atoms with Gasteiger partial charge in [0.25, 0.3) is 0 Å². The van der Waals surface area contributed by atoms with Crippen molar-refractivity contribution in [2.45, 2.75) is 6.92 Å². The lowest BCUT2D eigenvalue weighted by molar-refractivity contribution is -0.266. The normalized spacial score (nSPS) is 10.8. The third kappa shape index (κ3) is 1.82. The number of hydrogen-bond acceptors (Lipinski definition) is 6. The smallest absolute Gasteiger partial charge is 0.364 e. The standard InChI is InChI=1S/C10H8ClNO5/c1-4-2-7-5(3-6(4)11)9(13)8(12(15)16)10(14)17-7/h2-3,13,15-16H,1H3/p-1. The van der Waals surface area contributed by atoms with Gasteiger partial charge in [0.15, 0.2) is 5.69 Å². The Morgan fingerprint density at radius 1 is 1.41 bits per heavy atom. The van der Waals surface area contributed by atoms with E-state index in [1.165, 1.54) is 12.1 Å². The molecule has 1 aromatic carbocycles. The summed E-state index contributed by atoms with van der Waals surface area (Å²) in [5, 5.41) is 29.1. The molecule has 0 saturated carbocycles. The van der Waals surface area contributed by atoms with Crippen LogP contribution in [0.2, 0.25) is 5.02 Å². The molecular weight excluding hydrogens is 250 g/mol. The largest absolute Gasteiger partial charge is 0.870 e. The predicted molar refractivity (Wildman–Crippen MR) is 57.7 cm³/mol. The first-order valence-electron chi connectivity index (χ1n) is 4.53. The Kier molecular flexibility index (Phi) is 2.70. The SMILES string of the molecule is Cc1cc2oc(=O)c(N(O)O)c([O-])c2cc1Cl. The fourth-order valence-electron chi connectivity index (χ4n) is 1.46. The first-order chi connectivity index (χ1) is 7.91. The zero-order chi connectivity index (χ0) is 12.7. The number of benzene rings is 1. The summed E-state index contributed by atoms with van der Waals surface area (Å²) in [6.07, 6.45) is 0. The molecular formula is C10H7ClNO5-. The summed E-state index contributed by atoms with van der Waals surface area (Å²) in [5.74, 6) is -0.858. The van der Waals surface area contributed by atoms with Crippen molar-refractivity contribution < 1.29 is 19.9 Å². The lowest BCUT2D eigenvalue weighted by Crippen LogP contribution is -2.22. The number of fused-ring (bicyclic) bond motifs is 1. The third-order valence-corrected chi connectivity index (χ3v) is 2.72. The minimum atomic E-state index is -1.13. The summed E-state index contributed by atoms with van der Waals surface area (Å²) in [4.78, 5) is 11.3. The highest BCUT2D eigenvalue weighted by atomic mass is 35.5. The number of anilines is 1. The topological polar surface area (TPSA) is 97.0 Å². The molecule has 6 nitrogen and oxygen atoms in total. The molecule has 0 unspecified atom stereocenters. The van der Waals surface area contributed by atoms with E-state index in [1.807, 2.05) is 0 Å². The van der Waals surface area contributed by atoms with Gasteiger partial charge in [-0.25, -0.2) is 4.79 Å². The Balaban J connectivity index is 2.92. The molecule has 2 N–H and O–H groups in total. The highest BCUT2D eigenvalue weighted by Crippen LogP contribution is 2.32. The molecule has 0 spiro atoms. The van der Waals surface area contributed by atoms with E-state index < -0.39 is 22.3 Å². The molecule has 0 radical (unpaired) electrons. The van der Waals surface area contributed by atoms with Gasteiger partial charge in [-0.1, -0.05) is 17.4 Å². The molecule has 1 aromatic heterocycles. The van der Waals surface area contributed by atoms with Crippen LogP contribution >= 0.6 is 11.6 Å². The second-order valence-corrected chi connectivity index (χ2v) is 3.86. The lowest BCUT2D eigenvalue weighted by Gasteiger charge is -2.17. The monoisotopic (exact) mass is 256 g/mol. The summed E-state index contributed by atoms with van der Waals surface area (Å²) >= 11 is 5.83. The maximum Gasteiger partial charge on any atom is 0.364 e. The van der Waals surface area contributed by atoms with Crippen molar-refractivity contribution in [3.8, 4) is 5.75 Å². The molecule has 0 amide bonds. The van der Waals surface area contributed by atoms with Crippen LogP contribution in [-0.2, 0) is 0 Å². The summed E-state index contributed by atoms with van der Waals surface area (Å²) in [6.45, 7) is 1.69. The van der Waals surface area contributed by atoms with Gasteiger partial charge in [-0.2, -0.15) is 0 Å². The van der Waals surface area contributed by atoms with Crippen LogP contribution in [-0.4, -0.2) is 10.4 Å². The molecule has 0 aliphatic heterocycles. The van der Waals surface area contributed by atoms with Crippen LogP contribution in [0.15, 0.2) is 21.3 Å². The van der Waals surface area contributed by atoms with E-state index >= 15 is 0 Å². The van der Waals surface area contributed by atoms with Gasteiger partial charge < -0.3 is 9.52 Å². The van der Waals surface area contributed by atoms with E-state index in [0.29, 0.717) is 10.6 Å². The third-order valence-electron chi connectivity index (χ3n) is 2.32. The van der Waals surface area contributed by atoms with Crippen LogP contribution in [0.3, 0.4) is 0 Å². The van der Waals surface area contributed by atoms with Crippen LogP contribution in [0, 0.1) is 6.92 Å². The van der Waals surface area contributed by atoms with Crippen molar-refractivity contribution in [2.24, 2.45) is 0 Å². The van der Waals surface area contributed by atoms with Gasteiger partial charge in [0.05, 0.1) is 0 Å². The number of aryl methyl sites for hydroxylation is 1. The first kappa shape index (κ1) is 11.7. The Hall–Kier alpha value is -1.76. The van der Waals surface area contributed by atoms with Gasteiger partial charge in [-0.15, -0.1) is 5.23 Å². The fraction of sp³-hybridized carbons (Fsp3) is 0.100. The molecule has 0 atom stereocenters. The van der Waals surface area contributed by atoms with Crippen LogP contribution in [0.1, 0.15) is 5.56 Å². The van der Waals surface area contributed by atoms with E-state index in [0.717, 1.165) is 0 Å². The fourth-order valence-corrected chi connectivity index (χ4v) is 1.62. The zero-order valence-corrected chi connectivity index (χ0v) is 9.35. The maximum atomic E-state index is 11.8. The van der Waals surface area contributed by atoms with Crippen molar-refractivity contribution in [1.29, 1.82) is 0 Å². The summed E-state index contributed by atoms with van der Waals surface area (Å²) in [6, 6.07) is 2.74. The Morgan fingerprint density at radius 2 is 2.06 bits per heavy atom. The van der Waals surface area contributed by atoms with E-state index in [-0.39, 0.29) is 11.0 Å². The van der Waals surface area contributed by atoms with E-state index in [4.69, 9.17) is 26.4 Å². The highest BCUT2D eigenvalue weighted by Gasteiger charge is 2.13. The average molecular weight is 257 g/mol. The van der Waals surface area contributed by atoms with Gasteiger partial charge >= 0.3 is 5.63 Å². The molecule has 0 saturated heterocycles. The summed E-state index contributed by atoms with van der Waals surface area (Å²) < 4.78 is 4.79. The van der Waals surface area contributed by atoms with Gasteiger partial charge in [0.2, 0.25) is 0 Å². The second kappa shape index (κ2) is 3.92. The molecule has 0 aliphatic rings. The van der Waals surface area contributed by atoms with Crippen LogP contribution < -0.4 is 16.0 Å². The quantitative estimate of drug-likeness (QED) is 0.591. The van der Waals surface area contributed by atoms with E-state index in [1.54, 1.807) is 6.92 Å². The van der Waals surface area contributed by atoms with Gasteiger partial charge in [-0.3, -0.25) is 10.4 Å². The van der Waals surface area contributed by atoms with Crippen LogP contribution in [0.5, 0.6) is 5.75 Å². The number of hydrogen-bond donors (Lipinski definition) is 2. The Morgan fingerprint density at radius 3 is 2.65 bits per heavy atom. The number of halogens is 1. The minimum Gasteiger partial charge on any atom is -0.870 e. The predicted octanol–water partition coefficient (Wildman–Crippen LogP) is 1.41. The Labute approximate surface area is 99.8 Å². The number of rotatable bonds is 1. The van der Waals surface area contributed by atoms with Gasteiger partial charge in [0, 0.05) is 10.4 Å². The molecule has 0 bridgehead atoms. The lowest BCUT2D eigenvalue weighted by atomic mass is 10.1. The van der Waals surface area contributed by atoms with Gasteiger partial charge in [-0.05, 0) is 24.6 Å². The summed E-state index contributed by atoms with van der Waals surface area (Å²) in [7, 11) is 0. The van der Waals surface area contributed by atoms with Crippen LogP contribution in [0.4, 0.5) is 5.69 Å². The highest BCUT2D eigenvalue weighted by molar-refractivity contribution is 6.32. The summed E-state index contributed by atoms with van der Waals surface area (Å²) in [5.41, 5.74) is -1.32. The molecule has 0 aliphatic carbocycles. The molecule has 0 fully saturated rings. The molecule has 2 rings (SSSR count). The van der Waals surface area contributed by atoms with Crippen LogP contribution in [0.25, 0.3) is 11.0 Å². The van der Waals surface area contributed by atoms with Crippen molar-refractivity contribution in [3.63, 3.8) is 0 Å². The Bertz CT molecular complexity index is 649. The average Bonchev–Trinajstić information content (AvgIpc) is 2.21. The second-order valence-electron chi connectivity index (χ2n) is 3.45. The van der Waals surface area contributed by atoms with Crippen molar-refractivity contribution in [1.82, 2.24) is 0 Å². The van der Waals surface area contributed by atoms with Crippen molar-refractivity contribution in [2.75, 3.05) is 5.23 Å².